The van der Waals surface area contributed by atoms with Crippen molar-refractivity contribution < 1.29 is 14.3 Å². The normalized spacial score (nSPS) is 15.1. The van der Waals surface area contributed by atoms with Crippen molar-refractivity contribution in [3.63, 3.8) is 0 Å². The molecule has 2 aromatic carbocycles. The molecule has 1 saturated heterocycles. The van der Waals surface area contributed by atoms with E-state index in [1.54, 1.807) is 25.2 Å². The standard InChI is InChI=1S/C25H23Cl2N3O3S/c1-29(20-4-3-17(26)14-19(20)27)25(32)22-13-15-6-11-33-21-5-2-16(12-18(21)23(15)34-22)24(31)30-9-7-28-8-10-30/h2-5,12-14,28H,6-11H2,1H3. The highest BCUT2D eigenvalue weighted by Gasteiger charge is 2.26. The van der Waals surface area contributed by atoms with Gasteiger partial charge >= 0.3 is 0 Å². The van der Waals surface area contributed by atoms with Crippen LogP contribution < -0.4 is 15.0 Å². The number of thiophene rings is 1. The lowest BCUT2D eigenvalue weighted by Gasteiger charge is -2.27. The van der Waals surface area contributed by atoms with Crippen LogP contribution in [0.25, 0.3) is 10.4 Å². The van der Waals surface area contributed by atoms with Crippen molar-refractivity contribution in [3.8, 4) is 16.2 Å². The van der Waals surface area contributed by atoms with E-state index in [2.05, 4.69) is 5.32 Å². The van der Waals surface area contributed by atoms with E-state index in [0.717, 1.165) is 34.8 Å². The first kappa shape index (κ1) is 23.2. The Morgan fingerprint density at radius 2 is 1.88 bits per heavy atom. The Morgan fingerprint density at radius 3 is 2.65 bits per heavy atom. The van der Waals surface area contributed by atoms with Crippen molar-refractivity contribution in [1.29, 1.82) is 0 Å². The van der Waals surface area contributed by atoms with Gasteiger partial charge in [0.25, 0.3) is 11.8 Å². The monoisotopic (exact) mass is 515 g/mol. The molecule has 3 heterocycles. The molecule has 1 fully saturated rings. The van der Waals surface area contributed by atoms with Crippen molar-refractivity contribution in [2.24, 2.45) is 0 Å². The van der Waals surface area contributed by atoms with Crippen LogP contribution in [0.1, 0.15) is 25.6 Å². The Balaban J connectivity index is 1.48. The molecular weight excluding hydrogens is 493 g/mol. The van der Waals surface area contributed by atoms with Gasteiger partial charge in [-0.05, 0) is 48.0 Å². The van der Waals surface area contributed by atoms with Crippen LogP contribution in [-0.4, -0.2) is 56.5 Å². The van der Waals surface area contributed by atoms with Crippen molar-refractivity contribution in [2.75, 3.05) is 44.7 Å². The predicted molar refractivity (Wildman–Crippen MR) is 137 cm³/mol. The maximum absolute atomic E-state index is 13.3. The molecule has 0 radical (unpaired) electrons. The summed E-state index contributed by atoms with van der Waals surface area (Å²) in [5.74, 6) is 0.587. The van der Waals surface area contributed by atoms with Crippen LogP contribution in [0.4, 0.5) is 5.69 Å². The van der Waals surface area contributed by atoms with Gasteiger partial charge in [0.15, 0.2) is 0 Å². The summed E-state index contributed by atoms with van der Waals surface area (Å²) in [6.07, 6.45) is 0.681. The van der Waals surface area contributed by atoms with Crippen LogP contribution in [-0.2, 0) is 6.42 Å². The Labute approximate surface area is 212 Å². The summed E-state index contributed by atoms with van der Waals surface area (Å²) in [6, 6.07) is 12.6. The fourth-order valence-electron chi connectivity index (χ4n) is 4.26. The fourth-order valence-corrected chi connectivity index (χ4v) is 6.01. The summed E-state index contributed by atoms with van der Waals surface area (Å²) in [7, 11) is 1.70. The third kappa shape index (κ3) is 4.41. The first-order valence-electron chi connectivity index (χ1n) is 11.1. The average Bonchev–Trinajstić information content (AvgIpc) is 3.20. The molecule has 0 aliphatic carbocycles. The number of anilines is 1. The van der Waals surface area contributed by atoms with Gasteiger partial charge in [-0.25, -0.2) is 0 Å². The molecule has 6 nitrogen and oxygen atoms in total. The molecular formula is C25H23Cl2N3O3S. The van der Waals surface area contributed by atoms with Gasteiger partial charge < -0.3 is 19.9 Å². The lowest BCUT2D eigenvalue weighted by Crippen LogP contribution is -2.46. The summed E-state index contributed by atoms with van der Waals surface area (Å²) >= 11 is 13.7. The van der Waals surface area contributed by atoms with Gasteiger partial charge in [-0.15, -0.1) is 11.3 Å². The zero-order valence-corrected chi connectivity index (χ0v) is 20.9. The Morgan fingerprint density at radius 1 is 1.09 bits per heavy atom. The number of halogens is 2. The number of ether oxygens (including phenoxy) is 1. The fraction of sp³-hybridized carbons (Fsp3) is 0.280. The molecule has 0 atom stereocenters. The Hall–Kier alpha value is -2.58. The maximum Gasteiger partial charge on any atom is 0.268 e. The molecule has 2 aliphatic rings. The van der Waals surface area contributed by atoms with Gasteiger partial charge in [0.1, 0.15) is 5.75 Å². The van der Waals surface area contributed by atoms with E-state index >= 15 is 0 Å². The number of hydrogen-bond acceptors (Lipinski definition) is 5. The molecule has 2 aliphatic heterocycles. The summed E-state index contributed by atoms with van der Waals surface area (Å²) < 4.78 is 5.96. The Bertz CT molecular complexity index is 1270. The minimum absolute atomic E-state index is 0.0140. The third-order valence-corrected chi connectivity index (χ3v) is 7.84. The minimum atomic E-state index is -0.155. The van der Waals surface area contributed by atoms with Crippen LogP contribution in [0.15, 0.2) is 42.5 Å². The zero-order chi connectivity index (χ0) is 23.8. The van der Waals surface area contributed by atoms with Crippen molar-refractivity contribution >= 4 is 52.0 Å². The molecule has 34 heavy (non-hydrogen) atoms. The second kappa shape index (κ2) is 9.58. The number of carbonyl (C=O) groups is 2. The summed E-state index contributed by atoms with van der Waals surface area (Å²) in [6.45, 7) is 3.48. The van der Waals surface area contributed by atoms with Gasteiger partial charge in [-0.1, -0.05) is 23.2 Å². The molecule has 1 N–H and O–H groups in total. The summed E-state index contributed by atoms with van der Waals surface area (Å²) in [5.41, 5.74) is 3.11. The molecule has 0 spiro atoms. The molecule has 9 heteroatoms. The number of benzene rings is 2. The molecule has 1 aromatic heterocycles. The van der Waals surface area contributed by atoms with E-state index in [4.69, 9.17) is 27.9 Å². The molecule has 176 valence electrons. The number of fused-ring (bicyclic) bond motifs is 3. The van der Waals surface area contributed by atoms with Crippen LogP contribution in [0.5, 0.6) is 5.75 Å². The van der Waals surface area contributed by atoms with E-state index in [0.29, 0.717) is 52.3 Å². The van der Waals surface area contributed by atoms with Crippen molar-refractivity contribution in [1.82, 2.24) is 10.2 Å². The number of nitrogens with zero attached hydrogens (tertiary/aromatic N) is 2. The lowest BCUT2D eigenvalue weighted by molar-refractivity contribution is 0.0735. The third-order valence-electron chi connectivity index (χ3n) is 6.10. The van der Waals surface area contributed by atoms with E-state index in [-0.39, 0.29) is 11.8 Å². The second-order valence-corrected chi connectivity index (χ2v) is 10.2. The number of rotatable bonds is 3. The number of carbonyl (C=O) groups excluding carboxylic acids is 2. The van der Waals surface area contributed by atoms with Crippen LogP contribution >= 0.6 is 34.5 Å². The summed E-state index contributed by atoms with van der Waals surface area (Å²) in [4.78, 5) is 31.4. The van der Waals surface area contributed by atoms with Gasteiger partial charge in [0, 0.05) is 60.7 Å². The zero-order valence-electron chi connectivity index (χ0n) is 18.6. The smallest absolute Gasteiger partial charge is 0.268 e. The first-order valence-corrected chi connectivity index (χ1v) is 12.6. The summed E-state index contributed by atoms with van der Waals surface area (Å²) in [5, 5.41) is 4.20. The predicted octanol–water partition coefficient (Wildman–Crippen LogP) is 4.98. The van der Waals surface area contributed by atoms with E-state index in [1.165, 1.54) is 16.2 Å². The van der Waals surface area contributed by atoms with Crippen molar-refractivity contribution in [2.45, 2.75) is 6.42 Å². The largest absolute Gasteiger partial charge is 0.493 e. The molecule has 0 bridgehead atoms. The maximum atomic E-state index is 13.3. The SMILES string of the molecule is CN(C(=O)c1cc2c(s1)-c1cc(C(=O)N3CCNCC3)ccc1OCC2)c1ccc(Cl)cc1Cl. The highest BCUT2D eigenvalue weighted by Crippen LogP contribution is 2.42. The van der Waals surface area contributed by atoms with E-state index in [9.17, 15) is 9.59 Å². The van der Waals surface area contributed by atoms with Gasteiger partial charge in [0.2, 0.25) is 0 Å². The van der Waals surface area contributed by atoms with E-state index < -0.39 is 0 Å². The highest BCUT2D eigenvalue weighted by molar-refractivity contribution is 7.17. The number of piperazine rings is 1. The topological polar surface area (TPSA) is 61.9 Å². The molecule has 3 aromatic rings. The molecule has 0 unspecified atom stereocenters. The average molecular weight is 516 g/mol. The Kier molecular flexibility index (Phi) is 6.53. The number of nitrogens with one attached hydrogen (secondary N) is 1. The van der Waals surface area contributed by atoms with Crippen LogP contribution in [0.3, 0.4) is 0 Å². The lowest BCUT2D eigenvalue weighted by atomic mass is 10.0. The quantitative estimate of drug-likeness (QED) is 0.534. The van der Waals surface area contributed by atoms with Gasteiger partial charge in [-0.2, -0.15) is 0 Å². The van der Waals surface area contributed by atoms with Gasteiger partial charge in [-0.3, -0.25) is 9.59 Å². The molecule has 5 rings (SSSR count). The van der Waals surface area contributed by atoms with Crippen LogP contribution in [0, 0.1) is 0 Å². The highest BCUT2D eigenvalue weighted by atomic mass is 35.5. The minimum Gasteiger partial charge on any atom is -0.493 e. The molecule has 0 saturated carbocycles. The second-order valence-electron chi connectivity index (χ2n) is 8.28. The molecule has 2 amide bonds. The van der Waals surface area contributed by atoms with E-state index in [1.807, 2.05) is 29.2 Å². The van der Waals surface area contributed by atoms with Gasteiger partial charge in [0.05, 0.1) is 22.2 Å². The van der Waals surface area contributed by atoms with Crippen molar-refractivity contribution in [3.05, 3.63) is 68.5 Å². The number of hydrogen-bond donors (Lipinski definition) is 1. The number of amides is 2. The van der Waals surface area contributed by atoms with Crippen LogP contribution in [0.2, 0.25) is 10.0 Å². The first-order chi connectivity index (χ1) is 16.4.